The second kappa shape index (κ2) is 15.5. The summed E-state index contributed by atoms with van der Waals surface area (Å²) in [5.41, 5.74) is -0.0425. The number of hydrogen-bond acceptors (Lipinski definition) is 20. The molecule has 5 aliphatic rings. The molecule has 3 fully saturated rings. The maximum absolute atomic E-state index is 11.1. The topological polar surface area (TPSA) is 351 Å². The second-order valence-corrected chi connectivity index (χ2v) is 12.8. The molecule has 15 atom stereocenters. The minimum absolute atomic E-state index is 0.0569. The number of fused-ring (bicyclic) bond motifs is 1. The van der Waals surface area contributed by atoms with Gasteiger partial charge in [0.25, 0.3) is 0 Å². The predicted molar refractivity (Wildman–Crippen MR) is 168 cm³/mol. The monoisotopic (exact) mass is 761 g/mol. The zero-order chi connectivity index (χ0) is 38.5. The average Bonchev–Trinajstić information content (AvgIpc) is 3.13. The first-order valence-corrected chi connectivity index (χ1v) is 16.3. The number of rotatable bonds is 9. The van der Waals surface area contributed by atoms with E-state index >= 15 is 0 Å². The predicted octanol–water partition coefficient (Wildman–Crippen LogP) is -5.26. The highest BCUT2D eigenvalue weighted by Crippen LogP contribution is 2.43. The van der Waals surface area contributed by atoms with Crippen LogP contribution in [0.3, 0.4) is 0 Å². The van der Waals surface area contributed by atoms with E-state index in [0.29, 0.717) is 0 Å². The molecule has 1 aromatic carbocycles. The van der Waals surface area contributed by atoms with Gasteiger partial charge in [-0.1, -0.05) is 0 Å². The highest BCUT2D eigenvalue weighted by molar-refractivity contribution is 5.71. The number of phenolic OH excluding ortho intramolecular Hbond substituents is 3. The van der Waals surface area contributed by atoms with E-state index < -0.39 is 135 Å². The smallest absolute Gasteiger partial charge is 0.305 e. The first kappa shape index (κ1) is 38.9. The van der Waals surface area contributed by atoms with Crippen molar-refractivity contribution in [1.29, 1.82) is 0 Å². The third kappa shape index (κ3) is 7.50. The molecular weight excluding hydrogens is 720 g/mol. The zero-order valence-corrected chi connectivity index (χ0v) is 27.3. The van der Waals surface area contributed by atoms with Gasteiger partial charge < -0.3 is 105 Å². The molecule has 21 heteroatoms. The van der Waals surface area contributed by atoms with Gasteiger partial charge in [0.1, 0.15) is 72.6 Å². The SMILES string of the molecule is OC[C@H]1O[C@@H](OC2=CC(O)=CC3[OH+]C(c4cc(O)c(O)c(O)c4)=C(O[C@@H]4O[C@H](CO)[C@@H](O)[C@H](O)[C@H]4O[C@@H]4OC[C@@H](O)[C@H](O)[C@H]4O)C=C23)[C@H](O)[C@@H](O)[C@@H]1O. The summed E-state index contributed by atoms with van der Waals surface area (Å²) in [6.45, 7) is -2.12. The van der Waals surface area contributed by atoms with Gasteiger partial charge in [0.15, 0.2) is 29.6 Å². The van der Waals surface area contributed by atoms with Crippen LogP contribution in [0, 0.1) is 0 Å². The minimum Gasteiger partial charge on any atom is -0.571 e. The van der Waals surface area contributed by atoms with Gasteiger partial charge in [0.05, 0.1) is 37.0 Å². The van der Waals surface area contributed by atoms with Crippen molar-refractivity contribution >= 4 is 5.76 Å². The van der Waals surface area contributed by atoms with Crippen LogP contribution in [0.1, 0.15) is 5.56 Å². The van der Waals surface area contributed by atoms with E-state index in [1.807, 2.05) is 0 Å². The van der Waals surface area contributed by atoms with Crippen LogP contribution in [0.5, 0.6) is 17.2 Å². The Balaban J connectivity index is 1.40. The van der Waals surface area contributed by atoms with E-state index in [-0.39, 0.29) is 28.4 Å². The molecule has 4 aliphatic heterocycles. The molecule has 15 N–H and O–H groups in total. The average molecular weight is 762 g/mol. The fraction of sp³-hybridized carbons (Fsp3) is 0.562. The highest BCUT2D eigenvalue weighted by Gasteiger charge is 2.51. The van der Waals surface area contributed by atoms with Gasteiger partial charge >= 0.3 is 5.76 Å². The first-order valence-electron chi connectivity index (χ1n) is 16.3. The summed E-state index contributed by atoms with van der Waals surface area (Å²) in [4.78, 5) is 0. The fourth-order valence-electron chi connectivity index (χ4n) is 6.25. The molecule has 0 spiro atoms. The Morgan fingerprint density at radius 1 is 0.679 bits per heavy atom. The van der Waals surface area contributed by atoms with Crippen molar-refractivity contribution in [3.05, 3.63) is 58.8 Å². The van der Waals surface area contributed by atoms with Crippen LogP contribution < -0.4 is 0 Å². The van der Waals surface area contributed by atoms with Crippen molar-refractivity contribution in [2.45, 2.75) is 92.1 Å². The summed E-state index contributed by atoms with van der Waals surface area (Å²) >= 11 is 0. The Morgan fingerprint density at radius 2 is 1.28 bits per heavy atom. The number of aromatic hydroxyl groups is 3. The Labute approximate surface area is 298 Å². The number of benzene rings is 1. The largest absolute Gasteiger partial charge is 0.571 e. The molecule has 1 aliphatic carbocycles. The lowest BCUT2D eigenvalue weighted by Crippen LogP contribution is -2.63. The van der Waals surface area contributed by atoms with Gasteiger partial charge in [-0.3, -0.25) is 0 Å². The van der Waals surface area contributed by atoms with Gasteiger partial charge in [-0.15, -0.1) is 0 Å². The van der Waals surface area contributed by atoms with Gasteiger partial charge in [0, 0.05) is 24.3 Å². The molecule has 1 unspecified atom stereocenters. The maximum atomic E-state index is 11.1. The van der Waals surface area contributed by atoms with E-state index in [9.17, 15) is 71.5 Å². The number of ether oxygens (including phenoxy) is 7. The number of aliphatic hydroxyl groups is 13. The molecule has 4 heterocycles. The zero-order valence-electron chi connectivity index (χ0n) is 27.3. The quantitative estimate of drug-likeness (QED) is 0.0825. The van der Waals surface area contributed by atoms with Crippen LogP contribution >= 0.6 is 0 Å². The van der Waals surface area contributed by atoms with E-state index in [4.69, 9.17) is 28.4 Å². The Hall–Kier alpha value is -3.78. The van der Waals surface area contributed by atoms with Gasteiger partial charge in [-0.2, -0.15) is 0 Å². The van der Waals surface area contributed by atoms with Gasteiger partial charge in [-0.25, -0.2) is 0 Å². The molecule has 0 radical (unpaired) electrons. The molecule has 53 heavy (non-hydrogen) atoms. The van der Waals surface area contributed by atoms with Crippen molar-refractivity contribution in [2.24, 2.45) is 0 Å². The number of phenols is 3. The van der Waals surface area contributed by atoms with E-state index in [0.717, 1.165) is 18.2 Å². The summed E-state index contributed by atoms with van der Waals surface area (Å²) in [5.74, 6) is -3.65. The lowest BCUT2D eigenvalue weighted by Gasteiger charge is -2.44. The first-order chi connectivity index (χ1) is 25.1. The van der Waals surface area contributed by atoms with Crippen molar-refractivity contribution in [1.82, 2.24) is 0 Å². The van der Waals surface area contributed by atoms with E-state index in [2.05, 4.69) is 4.74 Å². The van der Waals surface area contributed by atoms with Crippen LogP contribution in [0.25, 0.3) is 5.76 Å². The second-order valence-electron chi connectivity index (χ2n) is 12.8. The standard InChI is InChI=1S/C32H40O21/c33-6-18-22(41)24(43)27(46)31(51-18)49-16-4-10(35)3-15-11(16)5-17(28(48-15)9-1-12(36)20(39)13(37)2-9)50-32-29(25(44)23(42)19(7-34)52-32)53-30-26(45)21(40)14(38)8-47-30/h1-5,14-15,18-19,21-27,29-46H,6-8H2/p+1/t14-,15?,18-,19-,21+,22-,23-,24+,25+,26-,27-,29-,30+,31-,32-/m1/s1. The van der Waals surface area contributed by atoms with Crippen molar-refractivity contribution in [2.75, 3.05) is 19.8 Å². The minimum atomic E-state index is -1.92. The molecule has 3 saturated heterocycles. The molecule has 0 amide bonds. The molecular formula is C32H41O21+. The molecule has 1 aromatic rings. The lowest BCUT2D eigenvalue weighted by atomic mass is 9.96. The third-order valence-electron chi connectivity index (χ3n) is 9.25. The van der Waals surface area contributed by atoms with E-state index in [1.54, 1.807) is 0 Å². The number of aliphatic hydroxyl groups excluding tert-OH is 11. The fourth-order valence-corrected chi connectivity index (χ4v) is 6.25. The summed E-state index contributed by atoms with van der Waals surface area (Å²) in [5, 5.41) is 144. The Bertz CT molecular complexity index is 1600. The Morgan fingerprint density at radius 3 is 1.92 bits per heavy atom. The van der Waals surface area contributed by atoms with Crippen LogP contribution in [-0.2, 0) is 28.4 Å². The Kier molecular flexibility index (Phi) is 11.4. The summed E-state index contributed by atoms with van der Waals surface area (Å²) in [6, 6.07) is 1.99. The lowest BCUT2D eigenvalue weighted by molar-refractivity contribution is -0.351. The third-order valence-corrected chi connectivity index (χ3v) is 9.25. The van der Waals surface area contributed by atoms with E-state index in [1.165, 1.54) is 12.2 Å². The normalized spacial score (nSPS) is 40.3. The van der Waals surface area contributed by atoms with Crippen LogP contribution in [0.15, 0.2) is 53.2 Å². The molecule has 21 nitrogen and oxygen atoms in total. The molecule has 0 aromatic heterocycles. The molecule has 0 saturated carbocycles. The van der Waals surface area contributed by atoms with Crippen LogP contribution in [0.2, 0.25) is 0 Å². The molecule has 6 rings (SSSR count). The summed E-state index contributed by atoms with van der Waals surface area (Å²) < 4.78 is 38.7. The van der Waals surface area contributed by atoms with Gasteiger partial charge in [-0.05, 0) is 0 Å². The maximum Gasteiger partial charge on any atom is 0.305 e. The highest BCUT2D eigenvalue weighted by atomic mass is 16.8. The molecule has 0 bridgehead atoms. The molecule has 294 valence electrons. The van der Waals surface area contributed by atoms with Crippen molar-refractivity contribution in [3.63, 3.8) is 0 Å². The number of allylic oxidation sites excluding steroid dienone is 2. The number of hydrogen-bond donors (Lipinski definition) is 14. The van der Waals surface area contributed by atoms with Gasteiger partial charge in [0.2, 0.25) is 24.4 Å². The summed E-state index contributed by atoms with van der Waals surface area (Å²) in [6.07, 6.45) is -21.7. The van der Waals surface area contributed by atoms with Crippen LogP contribution in [-0.4, -0.2) is 188 Å². The summed E-state index contributed by atoms with van der Waals surface area (Å²) in [7, 11) is 0. The van der Waals surface area contributed by atoms with Crippen molar-refractivity contribution in [3.8, 4) is 17.2 Å². The van der Waals surface area contributed by atoms with Crippen molar-refractivity contribution < 1.29 is 105 Å². The van der Waals surface area contributed by atoms with Crippen LogP contribution in [0.4, 0.5) is 0 Å².